The summed E-state index contributed by atoms with van der Waals surface area (Å²) >= 11 is 7.97. The second kappa shape index (κ2) is 6.36. The van der Waals surface area contributed by atoms with Gasteiger partial charge in [0, 0.05) is 19.2 Å². The fourth-order valence-electron chi connectivity index (χ4n) is 2.66. The van der Waals surface area contributed by atoms with Crippen LogP contribution in [0.3, 0.4) is 0 Å². The number of likely N-dealkylation sites (N-methyl/N-ethyl adjacent to an activating group) is 1. The summed E-state index contributed by atoms with van der Waals surface area (Å²) in [6.07, 6.45) is 0.0745. The highest BCUT2D eigenvalue weighted by Gasteiger charge is 2.21. The van der Waals surface area contributed by atoms with Crippen LogP contribution in [0.4, 0.5) is 4.39 Å². The second-order valence-electron chi connectivity index (χ2n) is 5.28. The zero-order chi connectivity index (χ0) is 15.0. The number of hydrogen-bond donors (Lipinski definition) is 0. The Labute approximate surface area is 141 Å². The molecule has 0 N–H and O–H groups in total. The van der Waals surface area contributed by atoms with Gasteiger partial charge in [0.05, 0.1) is 39.7 Å². The van der Waals surface area contributed by atoms with E-state index in [1.807, 2.05) is 27.2 Å². The molecule has 1 unspecified atom stereocenters. The summed E-state index contributed by atoms with van der Waals surface area (Å²) in [7, 11) is 2.08. The van der Waals surface area contributed by atoms with Gasteiger partial charge in [-0.1, -0.05) is 0 Å². The van der Waals surface area contributed by atoms with Gasteiger partial charge in [0.15, 0.2) is 0 Å². The van der Waals surface area contributed by atoms with Crippen molar-refractivity contribution in [3.63, 3.8) is 0 Å². The minimum atomic E-state index is -0.230. The van der Waals surface area contributed by atoms with Gasteiger partial charge in [0.25, 0.3) is 0 Å². The Hall–Kier alpha value is -0.440. The van der Waals surface area contributed by atoms with E-state index in [1.54, 1.807) is 6.07 Å². The molecule has 2 heterocycles. The fourth-order valence-corrected chi connectivity index (χ4v) is 3.31. The molecule has 0 amide bonds. The summed E-state index contributed by atoms with van der Waals surface area (Å²) in [4.78, 5) is 6.74. The summed E-state index contributed by atoms with van der Waals surface area (Å²) in [5.74, 6) is 0.826. The van der Waals surface area contributed by atoms with Gasteiger partial charge < -0.3 is 14.2 Å². The van der Waals surface area contributed by atoms with Crippen molar-refractivity contribution in [1.82, 2.24) is 14.5 Å². The molecule has 0 saturated carbocycles. The Morgan fingerprint density at radius 3 is 3.05 bits per heavy atom. The van der Waals surface area contributed by atoms with Crippen LogP contribution in [0.15, 0.2) is 12.1 Å². The first-order valence-corrected chi connectivity index (χ1v) is 8.40. The number of rotatable bonds is 3. The van der Waals surface area contributed by atoms with Crippen LogP contribution in [0.1, 0.15) is 5.82 Å². The van der Waals surface area contributed by atoms with Crippen LogP contribution in [0.2, 0.25) is 0 Å². The maximum atomic E-state index is 13.9. The van der Waals surface area contributed by atoms with Crippen molar-refractivity contribution in [3.8, 4) is 0 Å². The SMILES string of the molecule is CN1CCOC(Cn2c(CCl)nc3cc(I)c(F)cc32)C1. The number of aromatic nitrogens is 2. The molecule has 1 aromatic heterocycles. The van der Waals surface area contributed by atoms with Gasteiger partial charge in [0.1, 0.15) is 11.6 Å². The van der Waals surface area contributed by atoms with Gasteiger partial charge in [-0.25, -0.2) is 9.37 Å². The minimum absolute atomic E-state index is 0.0745. The molecule has 1 fully saturated rings. The van der Waals surface area contributed by atoms with Crippen molar-refractivity contribution in [2.75, 3.05) is 26.7 Å². The first-order chi connectivity index (χ1) is 10.1. The van der Waals surface area contributed by atoms with Crippen LogP contribution in [0.25, 0.3) is 11.0 Å². The molecule has 7 heteroatoms. The van der Waals surface area contributed by atoms with E-state index in [-0.39, 0.29) is 11.9 Å². The molecule has 114 valence electrons. The summed E-state index contributed by atoms with van der Waals surface area (Å²) in [5, 5.41) is 0. The van der Waals surface area contributed by atoms with E-state index in [2.05, 4.69) is 16.9 Å². The Morgan fingerprint density at radius 2 is 2.33 bits per heavy atom. The largest absolute Gasteiger partial charge is 0.374 e. The number of benzene rings is 1. The summed E-state index contributed by atoms with van der Waals surface area (Å²) in [6.45, 7) is 3.16. The number of halogens is 3. The molecule has 1 saturated heterocycles. The van der Waals surface area contributed by atoms with Crippen molar-refractivity contribution in [3.05, 3.63) is 27.3 Å². The van der Waals surface area contributed by atoms with Crippen LogP contribution in [-0.2, 0) is 17.2 Å². The quantitative estimate of drug-likeness (QED) is 0.562. The Kier molecular flexibility index (Phi) is 4.68. The smallest absolute Gasteiger partial charge is 0.138 e. The van der Waals surface area contributed by atoms with Crippen LogP contribution < -0.4 is 0 Å². The zero-order valence-electron chi connectivity index (χ0n) is 11.7. The number of hydrogen-bond acceptors (Lipinski definition) is 3. The monoisotopic (exact) mass is 423 g/mol. The summed E-state index contributed by atoms with van der Waals surface area (Å²) < 4.78 is 22.2. The highest BCUT2D eigenvalue weighted by Crippen LogP contribution is 2.23. The molecule has 1 aliphatic heterocycles. The maximum absolute atomic E-state index is 13.9. The van der Waals surface area contributed by atoms with Gasteiger partial charge in [-0.2, -0.15) is 0 Å². The molecule has 0 radical (unpaired) electrons. The number of nitrogens with zero attached hydrogens (tertiary/aromatic N) is 3. The molecule has 1 atom stereocenters. The lowest BCUT2D eigenvalue weighted by atomic mass is 10.2. The molecule has 0 bridgehead atoms. The zero-order valence-corrected chi connectivity index (χ0v) is 14.6. The molecule has 0 aliphatic carbocycles. The van der Waals surface area contributed by atoms with Gasteiger partial charge in [-0.05, 0) is 35.7 Å². The fraction of sp³-hybridized carbons (Fsp3) is 0.500. The number of fused-ring (bicyclic) bond motifs is 1. The van der Waals surface area contributed by atoms with E-state index >= 15 is 0 Å². The predicted octanol–water partition coefficient (Wildman–Crippen LogP) is 2.85. The third-order valence-corrected chi connectivity index (χ3v) is 4.78. The first kappa shape index (κ1) is 15.5. The maximum Gasteiger partial charge on any atom is 0.138 e. The summed E-state index contributed by atoms with van der Waals surface area (Å²) in [5.41, 5.74) is 1.56. The average Bonchev–Trinajstić information content (AvgIpc) is 2.77. The summed E-state index contributed by atoms with van der Waals surface area (Å²) in [6, 6.07) is 3.29. The van der Waals surface area contributed by atoms with Crippen LogP contribution in [0.5, 0.6) is 0 Å². The highest BCUT2D eigenvalue weighted by atomic mass is 127. The van der Waals surface area contributed by atoms with Crippen molar-refractivity contribution < 1.29 is 9.13 Å². The minimum Gasteiger partial charge on any atom is -0.374 e. The molecular weight excluding hydrogens is 408 g/mol. The average molecular weight is 424 g/mol. The molecule has 4 nitrogen and oxygen atoms in total. The number of morpholine rings is 1. The lowest BCUT2D eigenvalue weighted by molar-refractivity contribution is -0.0272. The van der Waals surface area contributed by atoms with Crippen molar-refractivity contribution in [1.29, 1.82) is 0 Å². The first-order valence-electron chi connectivity index (χ1n) is 6.78. The normalized spacial score (nSPS) is 20.3. The molecule has 1 aliphatic rings. The van der Waals surface area contributed by atoms with E-state index in [0.29, 0.717) is 16.0 Å². The molecular formula is C14H16ClFIN3O. The third-order valence-electron chi connectivity index (χ3n) is 3.72. The van der Waals surface area contributed by atoms with Gasteiger partial charge >= 0.3 is 0 Å². The van der Waals surface area contributed by atoms with Crippen molar-refractivity contribution in [2.24, 2.45) is 0 Å². The molecule has 1 aromatic carbocycles. The Bertz CT molecular complexity index is 663. The molecule has 21 heavy (non-hydrogen) atoms. The lowest BCUT2D eigenvalue weighted by Crippen LogP contribution is -2.42. The molecule has 0 spiro atoms. The van der Waals surface area contributed by atoms with Crippen LogP contribution in [-0.4, -0.2) is 47.3 Å². The topological polar surface area (TPSA) is 30.3 Å². The third kappa shape index (κ3) is 3.18. The van der Waals surface area contributed by atoms with E-state index < -0.39 is 0 Å². The van der Waals surface area contributed by atoms with E-state index in [1.165, 1.54) is 6.07 Å². The standard InChI is InChI=1S/C14H16ClFIN3O/c1-19-2-3-21-9(7-19)8-20-13-4-10(16)11(17)5-12(13)18-14(20)6-15/h4-5,9H,2-3,6-8H2,1H3. The Morgan fingerprint density at radius 1 is 1.52 bits per heavy atom. The van der Waals surface area contributed by atoms with Crippen LogP contribution >= 0.6 is 34.2 Å². The van der Waals surface area contributed by atoms with E-state index in [4.69, 9.17) is 16.3 Å². The number of ether oxygens (including phenoxy) is 1. The van der Waals surface area contributed by atoms with Gasteiger partial charge in [0.2, 0.25) is 0 Å². The molecule has 3 rings (SSSR count). The predicted molar refractivity (Wildman–Crippen MR) is 89.2 cm³/mol. The highest BCUT2D eigenvalue weighted by molar-refractivity contribution is 14.1. The van der Waals surface area contributed by atoms with E-state index in [0.717, 1.165) is 36.6 Å². The molecule has 2 aromatic rings. The van der Waals surface area contributed by atoms with E-state index in [9.17, 15) is 4.39 Å². The Balaban J connectivity index is 1.97. The van der Waals surface area contributed by atoms with Crippen molar-refractivity contribution >= 4 is 45.2 Å². The number of alkyl halides is 1. The lowest BCUT2D eigenvalue weighted by Gasteiger charge is -2.30. The van der Waals surface area contributed by atoms with Crippen molar-refractivity contribution in [2.45, 2.75) is 18.5 Å². The second-order valence-corrected chi connectivity index (χ2v) is 6.71. The van der Waals surface area contributed by atoms with Crippen LogP contribution in [0, 0.1) is 9.39 Å². The van der Waals surface area contributed by atoms with Gasteiger partial charge in [-0.15, -0.1) is 11.6 Å². The van der Waals surface area contributed by atoms with Gasteiger partial charge in [-0.3, -0.25) is 0 Å². The number of imidazole rings is 1.